The van der Waals surface area contributed by atoms with Crippen molar-refractivity contribution in [1.82, 2.24) is 9.55 Å². The highest BCUT2D eigenvalue weighted by Gasteiger charge is 2.19. The summed E-state index contributed by atoms with van der Waals surface area (Å²) < 4.78 is 19.7. The van der Waals surface area contributed by atoms with Gasteiger partial charge in [0.15, 0.2) is 5.78 Å². The lowest BCUT2D eigenvalue weighted by Gasteiger charge is -2.13. The molecule has 2 aromatic carbocycles. The Bertz CT molecular complexity index is 1530. The van der Waals surface area contributed by atoms with Crippen LogP contribution in [0, 0.1) is 12.7 Å². The first kappa shape index (κ1) is 24.5. The number of nitrogens with zero attached hydrogens (tertiary/aromatic N) is 2. The Hall–Kier alpha value is -4.66. The minimum Gasteiger partial charge on any atom is -0.462 e. The van der Waals surface area contributed by atoms with E-state index in [4.69, 9.17) is 4.74 Å². The second kappa shape index (κ2) is 10.3. The molecular weight excluding hydrogens is 465 g/mol. The fourth-order valence-corrected chi connectivity index (χ4v) is 3.66. The van der Waals surface area contributed by atoms with Gasteiger partial charge < -0.3 is 14.6 Å². The molecule has 0 aliphatic heterocycles. The number of halogens is 1. The Morgan fingerprint density at radius 3 is 2.31 bits per heavy atom. The molecule has 0 radical (unpaired) electrons. The molecule has 1 N–H and O–H groups in total. The molecule has 4 rings (SSSR count). The van der Waals surface area contributed by atoms with Gasteiger partial charge in [-0.1, -0.05) is 0 Å². The first-order valence-corrected chi connectivity index (χ1v) is 11.1. The molecule has 0 saturated heterocycles. The highest BCUT2D eigenvalue weighted by atomic mass is 19.1. The van der Waals surface area contributed by atoms with Crippen molar-refractivity contribution in [2.75, 3.05) is 11.9 Å². The van der Waals surface area contributed by atoms with Crippen molar-refractivity contribution >= 4 is 34.4 Å². The standard InChI is InChI=1S/C27H22FN3O5/c1-3-36-27(35)18-7-11-20(12-8-18)30-23(32)15-31-14-22(24(33)17-5-9-19(28)10-6-17)25(34)21-13-4-16(2)29-26(21)31/h4-14H,3,15H2,1-2H3,(H,30,32). The Kier molecular flexibility index (Phi) is 7.00. The molecule has 2 heterocycles. The Morgan fingerprint density at radius 2 is 1.64 bits per heavy atom. The molecule has 0 unspecified atom stereocenters. The normalized spacial score (nSPS) is 10.8. The quantitative estimate of drug-likeness (QED) is 0.313. The molecule has 182 valence electrons. The second-order valence-corrected chi connectivity index (χ2v) is 8.01. The van der Waals surface area contributed by atoms with Crippen molar-refractivity contribution in [3.05, 3.63) is 105 Å². The Balaban J connectivity index is 1.65. The zero-order valence-corrected chi connectivity index (χ0v) is 19.6. The van der Waals surface area contributed by atoms with E-state index in [0.29, 0.717) is 16.9 Å². The van der Waals surface area contributed by atoms with Crippen LogP contribution in [0.3, 0.4) is 0 Å². The number of ether oxygens (including phenoxy) is 1. The van der Waals surface area contributed by atoms with Crippen LogP contribution in [0.25, 0.3) is 11.0 Å². The molecule has 0 saturated carbocycles. The van der Waals surface area contributed by atoms with E-state index < -0.39 is 28.9 Å². The lowest BCUT2D eigenvalue weighted by molar-refractivity contribution is -0.116. The summed E-state index contributed by atoms with van der Waals surface area (Å²) in [5.74, 6) is -2.00. The van der Waals surface area contributed by atoms with Gasteiger partial charge >= 0.3 is 5.97 Å². The number of hydrogen-bond acceptors (Lipinski definition) is 6. The van der Waals surface area contributed by atoms with Gasteiger partial charge in [-0.05, 0) is 74.5 Å². The van der Waals surface area contributed by atoms with Crippen LogP contribution in [0.4, 0.5) is 10.1 Å². The number of nitrogens with one attached hydrogen (secondary N) is 1. The summed E-state index contributed by atoms with van der Waals surface area (Å²) >= 11 is 0. The monoisotopic (exact) mass is 487 g/mol. The number of hydrogen-bond donors (Lipinski definition) is 1. The first-order chi connectivity index (χ1) is 17.3. The van der Waals surface area contributed by atoms with E-state index in [1.165, 1.54) is 35.0 Å². The number of esters is 1. The maximum atomic E-state index is 13.3. The van der Waals surface area contributed by atoms with Crippen molar-refractivity contribution < 1.29 is 23.5 Å². The summed E-state index contributed by atoms with van der Waals surface area (Å²) in [5.41, 5.74) is 1.14. The Morgan fingerprint density at radius 1 is 0.972 bits per heavy atom. The van der Waals surface area contributed by atoms with E-state index in [0.717, 1.165) is 12.1 Å². The maximum Gasteiger partial charge on any atom is 0.338 e. The van der Waals surface area contributed by atoms with Crippen LogP contribution in [0.15, 0.2) is 71.7 Å². The van der Waals surface area contributed by atoms with Crippen LogP contribution < -0.4 is 10.7 Å². The lowest BCUT2D eigenvalue weighted by atomic mass is 10.0. The fraction of sp³-hybridized carbons (Fsp3) is 0.148. The number of fused-ring (bicyclic) bond motifs is 1. The minimum absolute atomic E-state index is 0.144. The molecule has 0 aliphatic rings. The number of aryl methyl sites for hydroxylation is 1. The van der Waals surface area contributed by atoms with Crippen LogP contribution in [0.1, 0.15) is 38.9 Å². The van der Waals surface area contributed by atoms with Crippen molar-refractivity contribution in [3.8, 4) is 0 Å². The Labute approximate surface area is 205 Å². The number of carbonyl (C=O) groups excluding carboxylic acids is 3. The summed E-state index contributed by atoms with van der Waals surface area (Å²) in [7, 11) is 0. The molecule has 36 heavy (non-hydrogen) atoms. The van der Waals surface area contributed by atoms with Gasteiger partial charge in [-0.15, -0.1) is 0 Å². The van der Waals surface area contributed by atoms with Gasteiger partial charge in [-0.2, -0.15) is 0 Å². The molecule has 0 bridgehead atoms. The molecule has 2 aromatic heterocycles. The molecular formula is C27H22FN3O5. The zero-order valence-electron chi connectivity index (χ0n) is 19.6. The number of anilines is 1. The largest absolute Gasteiger partial charge is 0.462 e. The van der Waals surface area contributed by atoms with Crippen LogP contribution in [0.2, 0.25) is 0 Å². The van der Waals surface area contributed by atoms with Crippen LogP contribution in [0.5, 0.6) is 0 Å². The van der Waals surface area contributed by atoms with Crippen molar-refractivity contribution in [1.29, 1.82) is 0 Å². The van der Waals surface area contributed by atoms with Crippen molar-refractivity contribution in [3.63, 3.8) is 0 Å². The average molecular weight is 487 g/mol. The van der Waals surface area contributed by atoms with E-state index >= 15 is 0 Å². The van der Waals surface area contributed by atoms with Gasteiger partial charge in [0.1, 0.15) is 18.0 Å². The summed E-state index contributed by atoms with van der Waals surface area (Å²) in [5, 5.41) is 2.91. The molecule has 0 spiro atoms. The smallest absolute Gasteiger partial charge is 0.338 e. The predicted octanol–water partition coefficient (Wildman–Crippen LogP) is 3.89. The third-order valence-corrected chi connectivity index (χ3v) is 5.41. The topological polar surface area (TPSA) is 107 Å². The number of benzene rings is 2. The molecule has 0 atom stereocenters. The summed E-state index contributed by atoms with van der Waals surface area (Å²) in [6.07, 6.45) is 1.30. The molecule has 0 aliphatic carbocycles. The zero-order chi connectivity index (χ0) is 25.8. The second-order valence-electron chi connectivity index (χ2n) is 8.01. The molecule has 1 amide bonds. The number of carbonyl (C=O) groups is 3. The maximum absolute atomic E-state index is 13.3. The van der Waals surface area contributed by atoms with Crippen LogP contribution in [-0.4, -0.2) is 33.8 Å². The third kappa shape index (κ3) is 5.20. The van der Waals surface area contributed by atoms with Gasteiger partial charge in [0, 0.05) is 23.1 Å². The van der Waals surface area contributed by atoms with E-state index in [-0.39, 0.29) is 35.3 Å². The highest BCUT2D eigenvalue weighted by Crippen LogP contribution is 2.16. The third-order valence-electron chi connectivity index (χ3n) is 5.41. The van der Waals surface area contributed by atoms with Gasteiger partial charge in [0.05, 0.1) is 23.1 Å². The molecule has 0 fully saturated rings. The molecule has 8 nitrogen and oxygen atoms in total. The van der Waals surface area contributed by atoms with Crippen molar-refractivity contribution in [2.45, 2.75) is 20.4 Å². The minimum atomic E-state index is -0.591. The number of pyridine rings is 2. The van der Waals surface area contributed by atoms with E-state index in [1.807, 2.05) is 0 Å². The number of amides is 1. The summed E-state index contributed by atoms with van der Waals surface area (Å²) in [6.45, 7) is 3.47. The number of rotatable bonds is 7. The SMILES string of the molecule is CCOC(=O)c1ccc(NC(=O)Cn2cc(C(=O)c3ccc(F)cc3)c(=O)c3ccc(C)nc32)cc1. The van der Waals surface area contributed by atoms with Gasteiger partial charge in [-0.3, -0.25) is 14.4 Å². The molecule has 9 heteroatoms. The van der Waals surface area contributed by atoms with Gasteiger partial charge in [-0.25, -0.2) is 14.2 Å². The fourth-order valence-electron chi connectivity index (χ4n) is 3.66. The van der Waals surface area contributed by atoms with Crippen molar-refractivity contribution in [2.24, 2.45) is 0 Å². The van der Waals surface area contributed by atoms with E-state index in [9.17, 15) is 23.6 Å². The lowest BCUT2D eigenvalue weighted by Crippen LogP contribution is -2.25. The number of ketones is 1. The number of aromatic nitrogens is 2. The first-order valence-electron chi connectivity index (χ1n) is 11.1. The summed E-state index contributed by atoms with van der Waals surface area (Å²) in [4.78, 5) is 55.2. The van der Waals surface area contributed by atoms with E-state index in [1.54, 1.807) is 38.1 Å². The van der Waals surface area contributed by atoms with Crippen LogP contribution >= 0.6 is 0 Å². The van der Waals surface area contributed by atoms with Gasteiger partial charge in [0.25, 0.3) is 0 Å². The van der Waals surface area contributed by atoms with Crippen LogP contribution in [-0.2, 0) is 16.1 Å². The molecule has 4 aromatic rings. The summed E-state index contributed by atoms with van der Waals surface area (Å²) in [6, 6.07) is 14.3. The average Bonchev–Trinajstić information content (AvgIpc) is 2.86. The van der Waals surface area contributed by atoms with Gasteiger partial charge in [0.2, 0.25) is 11.3 Å². The highest BCUT2D eigenvalue weighted by molar-refractivity contribution is 6.10. The predicted molar refractivity (Wildman–Crippen MR) is 132 cm³/mol. The van der Waals surface area contributed by atoms with E-state index in [2.05, 4.69) is 10.3 Å².